The number of carbonyl (C=O) groups is 2. The average molecular weight is 423 g/mol. The Kier molecular flexibility index (Phi) is 6.46. The molecule has 1 aromatic heterocycles. The largest absolute Gasteiger partial charge is 0.338 e. The predicted octanol–water partition coefficient (Wildman–Crippen LogP) is 2.84. The Bertz CT molecular complexity index is 909. The molecule has 156 valence electrons. The zero-order valence-corrected chi connectivity index (χ0v) is 17.8. The highest BCUT2D eigenvalue weighted by Crippen LogP contribution is 2.24. The van der Waals surface area contributed by atoms with Crippen molar-refractivity contribution in [3.8, 4) is 6.07 Å². The summed E-state index contributed by atoms with van der Waals surface area (Å²) in [6, 6.07) is 15.9. The number of piperazine rings is 1. The summed E-state index contributed by atoms with van der Waals surface area (Å²) in [4.78, 5) is 32.4. The SMILES string of the molecule is N#CC1CN(C(=O)C2CCCN(C(=O)c3cccs3)C2)CCN1Cc1ccccc1. The van der Waals surface area contributed by atoms with E-state index in [2.05, 4.69) is 23.1 Å². The number of carbonyl (C=O) groups excluding carboxylic acids is 2. The summed E-state index contributed by atoms with van der Waals surface area (Å²) >= 11 is 1.44. The molecule has 0 aliphatic carbocycles. The standard InChI is InChI=1S/C23H26N4O2S/c24-14-20-17-27(12-11-25(20)15-18-6-2-1-3-7-18)22(28)19-8-4-10-26(16-19)23(29)21-9-5-13-30-21/h1-3,5-7,9,13,19-20H,4,8,10-12,15-17H2. The van der Waals surface area contributed by atoms with E-state index < -0.39 is 0 Å². The maximum atomic E-state index is 13.2. The lowest BCUT2D eigenvalue weighted by molar-refractivity contribution is -0.139. The van der Waals surface area contributed by atoms with Crippen LogP contribution in [0.3, 0.4) is 0 Å². The van der Waals surface area contributed by atoms with Crippen LogP contribution in [0.25, 0.3) is 0 Å². The Balaban J connectivity index is 1.36. The number of likely N-dealkylation sites (tertiary alicyclic amines) is 1. The van der Waals surface area contributed by atoms with Crippen molar-refractivity contribution < 1.29 is 9.59 Å². The first kappa shape index (κ1) is 20.6. The van der Waals surface area contributed by atoms with Crippen LogP contribution < -0.4 is 0 Å². The minimum Gasteiger partial charge on any atom is -0.338 e. The Morgan fingerprint density at radius 3 is 2.60 bits per heavy atom. The molecule has 2 unspecified atom stereocenters. The van der Waals surface area contributed by atoms with Gasteiger partial charge in [-0.2, -0.15) is 5.26 Å². The third kappa shape index (κ3) is 4.55. The van der Waals surface area contributed by atoms with Gasteiger partial charge in [0.2, 0.25) is 5.91 Å². The molecule has 2 aliphatic rings. The van der Waals surface area contributed by atoms with Crippen LogP contribution in [0.4, 0.5) is 0 Å². The van der Waals surface area contributed by atoms with Crippen LogP contribution in [-0.4, -0.2) is 65.3 Å². The second-order valence-corrected chi connectivity index (χ2v) is 8.90. The van der Waals surface area contributed by atoms with Gasteiger partial charge in [0, 0.05) is 39.3 Å². The Labute approximate surface area is 181 Å². The Hall–Kier alpha value is -2.69. The minimum atomic E-state index is -0.310. The third-order valence-electron chi connectivity index (χ3n) is 5.97. The molecule has 7 heteroatoms. The molecule has 2 amide bonds. The molecule has 1 aromatic carbocycles. The van der Waals surface area contributed by atoms with Crippen LogP contribution in [0, 0.1) is 17.2 Å². The maximum absolute atomic E-state index is 13.2. The molecule has 0 N–H and O–H groups in total. The van der Waals surface area contributed by atoms with Gasteiger partial charge in [0.1, 0.15) is 6.04 Å². The minimum absolute atomic E-state index is 0.0186. The summed E-state index contributed by atoms with van der Waals surface area (Å²) in [5.74, 6) is -0.0777. The highest BCUT2D eigenvalue weighted by Gasteiger charge is 2.35. The van der Waals surface area contributed by atoms with Gasteiger partial charge in [-0.15, -0.1) is 11.3 Å². The fourth-order valence-electron chi connectivity index (χ4n) is 4.33. The first-order valence-corrected chi connectivity index (χ1v) is 11.3. The highest BCUT2D eigenvalue weighted by molar-refractivity contribution is 7.12. The number of hydrogen-bond donors (Lipinski definition) is 0. The summed E-state index contributed by atoms with van der Waals surface area (Å²) in [6.07, 6.45) is 1.64. The van der Waals surface area contributed by atoms with Crippen molar-refractivity contribution in [2.24, 2.45) is 5.92 Å². The first-order valence-electron chi connectivity index (χ1n) is 10.4. The normalized spacial score (nSPS) is 22.5. The number of benzene rings is 1. The van der Waals surface area contributed by atoms with Crippen molar-refractivity contribution in [1.29, 1.82) is 5.26 Å². The van der Waals surface area contributed by atoms with E-state index in [9.17, 15) is 14.9 Å². The van der Waals surface area contributed by atoms with Crippen LogP contribution in [-0.2, 0) is 11.3 Å². The maximum Gasteiger partial charge on any atom is 0.263 e. The third-order valence-corrected chi connectivity index (χ3v) is 6.83. The fraction of sp³-hybridized carbons (Fsp3) is 0.435. The van der Waals surface area contributed by atoms with E-state index in [4.69, 9.17) is 0 Å². The van der Waals surface area contributed by atoms with Crippen LogP contribution >= 0.6 is 11.3 Å². The molecule has 2 aromatic rings. The number of hydrogen-bond acceptors (Lipinski definition) is 5. The van der Waals surface area contributed by atoms with E-state index >= 15 is 0 Å². The highest BCUT2D eigenvalue weighted by atomic mass is 32.1. The van der Waals surface area contributed by atoms with Crippen molar-refractivity contribution in [3.05, 3.63) is 58.3 Å². The topological polar surface area (TPSA) is 67.6 Å². The van der Waals surface area contributed by atoms with E-state index in [0.717, 1.165) is 17.7 Å². The molecule has 3 heterocycles. The zero-order chi connectivity index (χ0) is 20.9. The van der Waals surface area contributed by atoms with Gasteiger partial charge in [-0.05, 0) is 29.9 Å². The molecule has 2 aliphatic heterocycles. The van der Waals surface area contributed by atoms with E-state index in [0.29, 0.717) is 39.3 Å². The van der Waals surface area contributed by atoms with Crippen molar-refractivity contribution in [2.45, 2.75) is 25.4 Å². The molecule has 30 heavy (non-hydrogen) atoms. The van der Waals surface area contributed by atoms with E-state index in [1.54, 1.807) is 0 Å². The van der Waals surface area contributed by atoms with Gasteiger partial charge in [-0.3, -0.25) is 14.5 Å². The Morgan fingerprint density at radius 1 is 1.03 bits per heavy atom. The molecule has 4 rings (SSSR count). The number of nitriles is 1. The van der Waals surface area contributed by atoms with E-state index in [1.807, 2.05) is 45.5 Å². The van der Waals surface area contributed by atoms with E-state index in [-0.39, 0.29) is 23.8 Å². The van der Waals surface area contributed by atoms with Gasteiger partial charge in [0.05, 0.1) is 16.9 Å². The van der Waals surface area contributed by atoms with Gasteiger partial charge >= 0.3 is 0 Å². The summed E-state index contributed by atoms with van der Waals surface area (Å²) in [5.41, 5.74) is 1.17. The van der Waals surface area contributed by atoms with Crippen molar-refractivity contribution in [1.82, 2.24) is 14.7 Å². The van der Waals surface area contributed by atoms with Crippen LogP contribution in [0.1, 0.15) is 28.1 Å². The lowest BCUT2D eigenvalue weighted by atomic mass is 9.95. The van der Waals surface area contributed by atoms with Crippen molar-refractivity contribution >= 4 is 23.2 Å². The molecule has 2 fully saturated rings. The summed E-state index contributed by atoms with van der Waals surface area (Å²) in [7, 11) is 0. The number of piperidine rings is 1. The molecular weight excluding hydrogens is 396 g/mol. The van der Waals surface area contributed by atoms with Crippen molar-refractivity contribution in [2.75, 3.05) is 32.7 Å². The summed E-state index contributed by atoms with van der Waals surface area (Å²) < 4.78 is 0. The van der Waals surface area contributed by atoms with Gasteiger partial charge in [0.25, 0.3) is 5.91 Å². The van der Waals surface area contributed by atoms with Crippen LogP contribution in [0.2, 0.25) is 0 Å². The van der Waals surface area contributed by atoms with E-state index in [1.165, 1.54) is 16.9 Å². The van der Waals surface area contributed by atoms with Crippen LogP contribution in [0.5, 0.6) is 0 Å². The molecule has 0 saturated carbocycles. The molecule has 0 spiro atoms. The number of amides is 2. The lowest BCUT2D eigenvalue weighted by Crippen LogP contribution is -2.56. The number of rotatable bonds is 4. The fourth-order valence-corrected chi connectivity index (χ4v) is 5.02. The van der Waals surface area contributed by atoms with Gasteiger partial charge in [-0.25, -0.2) is 0 Å². The quantitative estimate of drug-likeness (QED) is 0.760. The number of thiophene rings is 1. The van der Waals surface area contributed by atoms with Gasteiger partial charge in [-0.1, -0.05) is 36.4 Å². The first-order chi connectivity index (χ1) is 14.7. The van der Waals surface area contributed by atoms with Crippen LogP contribution in [0.15, 0.2) is 47.8 Å². The summed E-state index contributed by atoms with van der Waals surface area (Å²) in [5, 5.41) is 11.6. The second-order valence-electron chi connectivity index (χ2n) is 7.95. The predicted molar refractivity (Wildman–Crippen MR) is 116 cm³/mol. The summed E-state index contributed by atoms with van der Waals surface area (Å²) in [6.45, 7) is 3.62. The average Bonchev–Trinajstić information content (AvgIpc) is 3.34. The lowest BCUT2D eigenvalue weighted by Gasteiger charge is -2.41. The molecule has 0 radical (unpaired) electrons. The molecule has 2 saturated heterocycles. The monoisotopic (exact) mass is 422 g/mol. The molecular formula is C23H26N4O2S. The molecule has 0 bridgehead atoms. The number of nitrogens with zero attached hydrogens (tertiary/aromatic N) is 4. The zero-order valence-electron chi connectivity index (χ0n) is 16.9. The molecule has 2 atom stereocenters. The van der Waals surface area contributed by atoms with Crippen molar-refractivity contribution in [3.63, 3.8) is 0 Å². The van der Waals surface area contributed by atoms with Gasteiger partial charge < -0.3 is 9.80 Å². The second kappa shape index (κ2) is 9.41. The molecule has 6 nitrogen and oxygen atoms in total. The Morgan fingerprint density at radius 2 is 1.87 bits per heavy atom. The van der Waals surface area contributed by atoms with Gasteiger partial charge in [0.15, 0.2) is 0 Å². The smallest absolute Gasteiger partial charge is 0.263 e.